The molecule has 6 atom stereocenters. The van der Waals surface area contributed by atoms with Crippen LogP contribution in [-0.4, -0.2) is 58.1 Å². The zero-order chi connectivity index (χ0) is 28.7. The van der Waals surface area contributed by atoms with Gasteiger partial charge < -0.3 is 25.4 Å². The molecule has 3 amide bonds. The van der Waals surface area contributed by atoms with Crippen LogP contribution in [0.15, 0.2) is 48.5 Å². The lowest BCUT2D eigenvalue weighted by molar-refractivity contribution is -0.146. The number of aliphatic hydroxyl groups excluding tert-OH is 1. The molecule has 0 saturated carbocycles. The van der Waals surface area contributed by atoms with Crippen LogP contribution in [0.4, 0.5) is 5.69 Å². The number of carbonyl (C=O) groups is 3. The zero-order valence-corrected chi connectivity index (χ0v) is 24.0. The van der Waals surface area contributed by atoms with Crippen molar-refractivity contribution in [3.8, 4) is 0 Å². The normalized spacial score (nSPS) is 30.4. The van der Waals surface area contributed by atoms with E-state index in [0.717, 1.165) is 11.1 Å². The number of halogens is 1. The lowest BCUT2D eigenvalue weighted by atomic mass is 9.62. The van der Waals surface area contributed by atoms with Crippen molar-refractivity contribution in [2.45, 2.75) is 70.2 Å². The molecule has 0 radical (unpaired) electrons. The molecule has 3 unspecified atom stereocenters. The fourth-order valence-electron chi connectivity index (χ4n) is 7.13. The van der Waals surface area contributed by atoms with Crippen molar-refractivity contribution in [2.75, 3.05) is 18.5 Å². The van der Waals surface area contributed by atoms with Gasteiger partial charge in [-0.3, -0.25) is 14.4 Å². The Kier molecular flexibility index (Phi) is 7.97. The Bertz CT molecular complexity index is 1270. The molecule has 3 aliphatic heterocycles. The minimum atomic E-state index is -1.13. The van der Waals surface area contributed by atoms with Crippen LogP contribution in [0.5, 0.6) is 0 Å². The molecule has 1 spiro atoms. The van der Waals surface area contributed by atoms with Gasteiger partial charge in [0.15, 0.2) is 0 Å². The second-order valence-corrected chi connectivity index (χ2v) is 12.1. The van der Waals surface area contributed by atoms with E-state index in [0.29, 0.717) is 49.5 Å². The summed E-state index contributed by atoms with van der Waals surface area (Å²) < 4.78 is 6.77. The number of para-hydroxylation sites is 1. The first-order valence-corrected chi connectivity index (χ1v) is 14.5. The molecule has 3 fully saturated rings. The quantitative estimate of drug-likeness (QED) is 0.375. The molecular formula is C31H38ClN3O5. The number of aliphatic hydroxyl groups is 1. The number of benzene rings is 2. The Morgan fingerprint density at radius 2 is 1.85 bits per heavy atom. The first-order chi connectivity index (χ1) is 19.1. The summed E-state index contributed by atoms with van der Waals surface area (Å²) in [6.45, 7) is 6.55. The molecule has 5 rings (SSSR count). The Balaban J connectivity index is 1.48. The van der Waals surface area contributed by atoms with Crippen molar-refractivity contribution >= 4 is 35.0 Å². The maximum Gasteiger partial charge on any atom is 0.250 e. The van der Waals surface area contributed by atoms with Gasteiger partial charge in [0.05, 0.1) is 28.1 Å². The fraction of sp³-hybridized carbons (Fsp3) is 0.516. The molecular weight excluding hydrogens is 530 g/mol. The highest BCUT2D eigenvalue weighted by molar-refractivity contribution is 6.34. The Labute approximate surface area is 240 Å². The summed E-state index contributed by atoms with van der Waals surface area (Å²) in [6.07, 6.45) is 2.45. The lowest BCUT2D eigenvalue weighted by Gasteiger charge is -2.36. The van der Waals surface area contributed by atoms with Gasteiger partial charge in [-0.05, 0) is 62.6 Å². The number of amides is 3. The monoisotopic (exact) mass is 567 g/mol. The maximum atomic E-state index is 14.2. The van der Waals surface area contributed by atoms with Gasteiger partial charge in [0, 0.05) is 19.7 Å². The minimum Gasteiger partial charge on any atom is -0.396 e. The standard InChI is InChI=1S/C31H38ClN3O5/c1-19-11-10-14-22(32)25(19)34-28(38)26-31-17-20(2)30(3,40-31)23(27(37)33-18-21-12-6-4-7-13-21)24(31)29(39)35(26)15-8-5-9-16-36/h4,6-7,10-14,20,23-24,26,36H,5,8-9,15-18H2,1-3H3,(H,33,37)(H,34,38)/t20?,23-,24-,26?,30+,31?/m0/s1. The minimum absolute atomic E-state index is 0.0456. The van der Waals surface area contributed by atoms with Gasteiger partial charge in [0.1, 0.15) is 11.6 Å². The van der Waals surface area contributed by atoms with Crippen LogP contribution in [0, 0.1) is 24.7 Å². The largest absolute Gasteiger partial charge is 0.396 e. The molecule has 0 aromatic heterocycles. The van der Waals surface area contributed by atoms with Crippen molar-refractivity contribution in [1.82, 2.24) is 10.2 Å². The van der Waals surface area contributed by atoms with Gasteiger partial charge in [-0.1, -0.05) is 61.0 Å². The number of anilines is 1. The Hall–Kier alpha value is -2.94. The second-order valence-electron chi connectivity index (χ2n) is 11.6. The molecule has 214 valence electrons. The summed E-state index contributed by atoms with van der Waals surface area (Å²) in [5, 5.41) is 15.7. The molecule has 2 aromatic rings. The van der Waals surface area contributed by atoms with E-state index in [-0.39, 0.29) is 30.2 Å². The first kappa shape index (κ1) is 28.6. The fourth-order valence-corrected chi connectivity index (χ4v) is 7.40. The number of carbonyl (C=O) groups excluding carboxylic acids is 3. The van der Waals surface area contributed by atoms with Crippen molar-refractivity contribution < 1.29 is 24.2 Å². The summed E-state index contributed by atoms with van der Waals surface area (Å²) in [7, 11) is 0. The van der Waals surface area contributed by atoms with E-state index in [2.05, 4.69) is 10.6 Å². The van der Waals surface area contributed by atoms with E-state index in [9.17, 15) is 19.5 Å². The topological polar surface area (TPSA) is 108 Å². The highest BCUT2D eigenvalue weighted by Gasteiger charge is 2.79. The number of unbranched alkanes of at least 4 members (excludes halogenated alkanes) is 2. The van der Waals surface area contributed by atoms with Crippen molar-refractivity contribution in [3.63, 3.8) is 0 Å². The Morgan fingerprint density at radius 1 is 1.10 bits per heavy atom. The molecule has 2 aromatic carbocycles. The smallest absolute Gasteiger partial charge is 0.250 e. The predicted octanol–water partition coefficient (Wildman–Crippen LogP) is 4.08. The van der Waals surface area contributed by atoms with Crippen molar-refractivity contribution in [1.29, 1.82) is 0 Å². The van der Waals surface area contributed by atoms with E-state index in [1.165, 1.54) is 0 Å². The van der Waals surface area contributed by atoms with E-state index in [1.807, 2.05) is 63.2 Å². The first-order valence-electron chi connectivity index (χ1n) is 14.1. The number of ether oxygens (including phenoxy) is 1. The van der Waals surface area contributed by atoms with Gasteiger partial charge in [-0.25, -0.2) is 0 Å². The molecule has 0 aliphatic carbocycles. The average molecular weight is 568 g/mol. The average Bonchev–Trinajstić information content (AvgIpc) is 3.44. The van der Waals surface area contributed by atoms with Crippen LogP contribution >= 0.6 is 11.6 Å². The number of nitrogens with zero attached hydrogens (tertiary/aromatic N) is 1. The molecule has 3 heterocycles. The summed E-state index contributed by atoms with van der Waals surface area (Å²) in [4.78, 5) is 43.7. The summed E-state index contributed by atoms with van der Waals surface area (Å²) >= 11 is 6.44. The van der Waals surface area contributed by atoms with Gasteiger partial charge in [0.25, 0.3) is 0 Å². The molecule has 40 heavy (non-hydrogen) atoms. The number of fused-ring (bicyclic) bond motifs is 1. The van der Waals surface area contributed by atoms with E-state index in [4.69, 9.17) is 16.3 Å². The van der Waals surface area contributed by atoms with Crippen LogP contribution in [0.1, 0.15) is 50.7 Å². The van der Waals surface area contributed by atoms with Crippen molar-refractivity contribution in [2.24, 2.45) is 17.8 Å². The van der Waals surface area contributed by atoms with E-state index >= 15 is 0 Å². The predicted molar refractivity (Wildman–Crippen MR) is 153 cm³/mol. The van der Waals surface area contributed by atoms with Gasteiger partial charge in [0.2, 0.25) is 17.7 Å². The molecule has 8 nitrogen and oxygen atoms in total. The number of hydrogen-bond acceptors (Lipinski definition) is 5. The van der Waals surface area contributed by atoms with Gasteiger partial charge in [-0.15, -0.1) is 0 Å². The Morgan fingerprint density at radius 3 is 2.55 bits per heavy atom. The number of hydrogen-bond donors (Lipinski definition) is 3. The SMILES string of the molecule is Cc1cccc(Cl)c1NC(=O)C1N(CCCCCO)C(=O)[C@@H]2[C@@H](C(=O)NCc3ccccc3)[C@]3(C)OC12CC3C. The number of aryl methyl sites for hydroxylation is 1. The molecule has 3 saturated heterocycles. The van der Waals surface area contributed by atoms with Crippen LogP contribution in [0.2, 0.25) is 5.02 Å². The van der Waals surface area contributed by atoms with Crippen LogP contribution < -0.4 is 10.6 Å². The number of rotatable bonds is 10. The zero-order valence-electron chi connectivity index (χ0n) is 23.3. The third-order valence-corrected chi connectivity index (χ3v) is 9.50. The highest BCUT2D eigenvalue weighted by atomic mass is 35.5. The third kappa shape index (κ3) is 4.70. The summed E-state index contributed by atoms with van der Waals surface area (Å²) in [5.41, 5.74) is 0.261. The lowest BCUT2D eigenvalue weighted by Crippen LogP contribution is -2.54. The van der Waals surface area contributed by atoms with Crippen LogP contribution in [0.25, 0.3) is 0 Å². The molecule has 9 heteroatoms. The third-order valence-electron chi connectivity index (χ3n) is 9.18. The molecule has 3 N–H and O–H groups in total. The van der Waals surface area contributed by atoms with Crippen molar-refractivity contribution in [3.05, 3.63) is 64.7 Å². The van der Waals surface area contributed by atoms with E-state index in [1.54, 1.807) is 11.0 Å². The van der Waals surface area contributed by atoms with Crippen LogP contribution in [0.3, 0.4) is 0 Å². The molecule has 3 aliphatic rings. The van der Waals surface area contributed by atoms with E-state index < -0.39 is 29.1 Å². The second kappa shape index (κ2) is 11.1. The van der Waals surface area contributed by atoms with Crippen LogP contribution in [-0.2, 0) is 25.7 Å². The van der Waals surface area contributed by atoms with Gasteiger partial charge >= 0.3 is 0 Å². The summed E-state index contributed by atoms with van der Waals surface area (Å²) in [5.74, 6) is -2.37. The molecule has 2 bridgehead atoms. The van der Waals surface area contributed by atoms with Gasteiger partial charge in [-0.2, -0.15) is 0 Å². The number of nitrogens with one attached hydrogen (secondary N) is 2. The highest BCUT2D eigenvalue weighted by Crippen LogP contribution is 2.65. The summed E-state index contributed by atoms with van der Waals surface area (Å²) in [6, 6.07) is 14.1. The number of likely N-dealkylation sites (tertiary alicyclic amines) is 1. The maximum absolute atomic E-state index is 14.2.